The van der Waals surface area contributed by atoms with E-state index in [2.05, 4.69) is 26.0 Å². The first kappa shape index (κ1) is 20.4. The highest BCUT2D eigenvalue weighted by Gasteiger charge is 2.29. The van der Waals surface area contributed by atoms with E-state index >= 15 is 0 Å². The van der Waals surface area contributed by atoms with Crippen LogP contribution < -0.4 is 5.56 Å². The molecule has 30 heavy (non-hydrogen) atoms. The first-order valence-corrected chi connectivity index (χ1v) is 10.9. The summed E-state index contributed by atoms with van der Waals surface area (Å²) in [5.41, 5.74) is 2.35. The Hall–Kier alpha value is -2.91. The molecule has 1 amide bonds. The Morgan fingerprint density at radius 1 is 1.07 bits per heavy atom. The molecule has 2 aromatic carbocycles. The van der Waals surface area contributed by atoms with Crippen LogP contribution in [-0.2, 0) is 11.8 Å². The number of aliphatic imine (C=N–C) groups is 1. The molecule has 0 N–H and O–H groups in total. The molecule has 0 spiro atoms. The van der Waals surface area contributed by atoms with Gasteiger partial charge in [-0.1, -0.05) is 58.0 Å². The standard InChI is InChI=1S/C21H18BrN5O2S/c1-14-19(20(29)27(25(14)2)17-6-4-3-5-7-17)24-21-26(18(28)13-30-21)23-12-15-8-10-16(22)11-9-15/h3-12H,13H2,1-2H3/b23-12-,24-21?. The van der Waals surface area contributed by atoms with Crippen molar-refractivity contribution in [2.45, 2.75) is 6.92 Å². The molecule has 0 radical (unpaired) electrons. The summed E-state index contributed by atoms with van der Waals surface area (Å²) < 4.78 is 4.28. The molecule has 3 aromatic rings. The SMILES string of the molecule is Cc1c(N=C2SCC(=O)N2/N=C\c2ccc(Br)cc2)c(=O)n(-c2ccccc2)n1C. The summed E-state index contributed by atoms with van der Waals surface area (Å²) in [6.45, 7) is 1.83. The van der Waals surface area contributed by atoms with E-state index in [0.717, 1.165) is 15.7 Å². The number of benzene rings is 2. The van der Waals surface area contributed by atoms with E-state index in [1.165, 1.54) is 16.8 Å². The van der Waals surface area contributed by atoms with E-state index < -0.39 is 0 Å². The highest BCUT2D eigenvalue weighted by atomic mass is 79.9. The predicted octanol–water partition coefficient (Wildman–Crippen LogP) is 3.84. The zero-order valence-corrected chi connectivity index (χ0v) is 18.7. The van der Waals surface area contributed by atoms with Gasteiger partial charge in [-0.25, -0.2) is 9.67 Å². The molecule has 7 nitrogen and oxygen atoms in total. The van der Waals surface area contributed by atoms with Crippen LogP contribution in [0.1, 0.15) is 11.3 Å². The van der Waals surface area contributed by atoms with Gasteiger partial charge in [-0.2, -0.15) is 10.1 Å². The lowest BCUT2D eigenvalue weighted by Gasteiger charge is -2.08. The molecule has 0 unspecified atom stereocenters. The number of carbonyl (C=O) groups excluding carboxylic acids is 1. The highest BCUT2D eigenvalue weighted by molar-refractivity contribution is 9.10. The number of amides is 1. The number of aromatic nitrogens is 2. The zero-order valence-electron chi connectivity index (χ0n) is 16.3. The van der Waals surface area contributed by atoms with Crippen LogP contribution >= 0.6 is 27.7 Å². The second-order valence-corrected chi connectivity index (χ2v) is 8.45. The molecule has 4 rings (SSSR count). The summed E-state index contributed by atoms with van der Waals surface area (Å²) in [6.07, 6.45) is 1.60. The molecule has 1 aliphatic heterocycles. The summed E-state index contributed by atoms with van der Waals surface area (Å²) in [5.74, 6) is 0.0546. The number of halogens is 1. The molecule has 1 aliphatic rings. The van der Waals surface area contributed by atoms with E-state index in [-0.39, 0.29) is 17.2 Å². The number of carbonyl (C=O) groups is 1. The topological polar surface area (TPSA) is 72.0 Å². The van der Waals surface area contributed by atoms with Crippen molar-refractivity contribution in [2.24, 2.45) is 17.1 Å². The van der Waals surface area contributed by atoms with Crippen LogP contribution in [0.4, 0.5) is 5.69 Å². The average molecular weight is 484 g/mol. The second kappa shape index (κ2) is 8.45. The fourth-order valence-electron chi connectivity index (χ4n) is 3.00. The monoisotopic (exact) mass is 483 g/mol. The third-order valence-electron chi connectivity index (χ3n) is 4.67. The Kier molecular flexibility index (Phi) is 5.74. The first-order chi connectivity index (χ1) is 14.5. The van der Waals surface area contributed by atoms with Gasteiger partial charge in [-0.3, -0.25) is 14.3 Å². The van der Waals surface area contributed by atoms with Gasteiger partial charge in [0.15, 0.2) is 10.9 Å². The Morgan fingerprint density at radius 3 is 2.47 bits per heavy atom. The van der Waals surface area contributed by atoms with Crippen molar-refractivity contribution in [3.63, 3.8) is 0 Å². The van der Waals surface area contributed by atoms with Gasteiger partial charge in [0, 0.05) is 11.5 Å². The van der Waals surface area contributed by atoms with Gasteiger partial charge in [0.1, 0.15) is 0 Å². The first-order valence-electron chi connectivity index (χ1n) is 9.13. The number of amidine groups is 1. The van der Waals surface area contributed by atoms with Gasteiger partial charge >= 0.3 is 0 Å². The van der Waals surface area contributed by atoms with Crippen molar-refractivity contribution in [1.82, 2.24) is 14.4 Å². The van der Waals surface area contributed by atoms with Crippen molar-refractivity contribution >= 4 is 50.7 Å². The molecule has 1 saturated heterocycles. The minimum atomic E-state index is -0.245. The maximum Gasteiger partial charge on any atom is 0.297 e. The summed E-state index contributed by atoms with van der Waals surface area (Å²) in [4.78, 5) is 29.9. The Labute approximate surface area is 185 Å². The number of hydrazone groups is 1. The van der Waals surface area contributed by atoms with Gasteiger partial charge in [0.2, 0.25) is 0 Å². The van der Waals surface area contributed by atoms with Crippen LogP contribution in [0.25, 0.3) is 5.69 Å². The van der Waals surface area contributed by atoms with E-state index in [4.69, 9.17) is 0 Å². The molecule has 152 valence electrons. The summed E-state index contributed by atoms with van der Waals surface area (Å²) in [7, 11) is 1.81. The Balaban J connectivity index is 1.71. The molecular formula is C21H18BrN5O2S. The molecule has 2 heterocycles. The largest absolute Gasteiger partial charge is 0.297 e. The maximum absolute atomic E-state index is 13.1. The normalized spacial score (nSPS) is 15.6. The van der Waals surface area contributed by atoms with Crippen LogP contribution in [0.2, 0.25) is 0 Å². The van der Waals surface area contributed by atoms with E-state index in [1.54, 1.807) is 15.6 Å². The molecule has 0 saturated carbocycles. The molecule has 1 fully saturated rings. The second-order valence-electron chi connectivity index (χ2n) is 6.59. The zero-order chi connectivity index (χ0) is 21.3. The number of thioether (sulfide) groups is 1. The van der Waals surface area contributed by atoms with Gasteiger partial charge in [-0.15, -0.1) is 0 Å². The molecule has 0 bridgehead atoms. The van der Waals surface area contributed by atoms with Gasteiger partial charge < -0.3 is 0 Å². The number of para-hydroxylation sites is 1. The lowest BCUT2D eigenvalue weighted by Crippen LogP contribution is -2.24. The maximum atomic E-state index is 13.1. The van der Waals surface area contributed by atoms with E-state index in [9.17, 15) is 9.59 Å². The third-order valence-corrected chi connectivity index (χ3v) is 6.11. The summed E-state index contributed by atoms with van der Waals surface area (Å²) in [6, 6.07) is 16.9. The van der Waals surface area contributed by atoms with Gasteiger partial charge in [0.05, 0.1) is 23.3 Å². The van der Waals surface area contributed by atoms with Crippen molar-refractivity contribution in [3.8, 4) is 5.69 Å². The molecule has 0 aliphatic carbocycles. The van der Waals surface area contributed by atoms with E-state index in [1.807, 2.05) is 68.6 Å². The minimum Gasteiger partial charge on any atom is -0.283 e. The quantitative estimate of drug-likeness (QED) is 0.529. The Bertz CT molecular complexity index is 1210. The molecule has 9 heteroatoms. The summed E-state index contributed by atoms with van der Waals surface area (Å²) in [5, 5.41) is 5.95. The predicted molar refractivity (Wildman–Crippen MR) is 124 cm³/mol. The van der Waals surface area contributed by atoms with Crippen molar-refractivity contribution in [2.75, 3.05) is 5.75 Å². The molecule has 0 atom stereocenters. The molecule has 1 aromatic heterocycles. The third kappa shape index (κ3) is 3.90. The molecular weight excluding hydrogens is 466 g/mol. The average Bonchev–Trinajstić information content (AvgIpc) is 3.20. The van der Waals surface area contributed by atoms with Gasteiger partial charge in [0.25, 0.3) is 11.5 Å². The highest BCUT2D eigenvalue weighted by Crippen LogP contribution is 2.25. The van der Waals surface area contributed by atoms with Crippen LogP contribution in [0, 0.1) is 6.92 Å². The fraction of sp³-hybridized carbons (Fsp3) is 0.143. The van der Waals surface area contributed by atoms with E-state index in [0.29, 0.717) is 16.5 Å². The number of rotatable bonds is 4. The van der Waals surface area contributed by atoms with Crippen molar-refractivity contribution in [3.05, 3.63) is 80.7 Å². The summed E-state index contributed by atoms with van der Waals surface area (Å²) >= 11 is 4.66. The van der Waals surface area contributed by atoms with Crippen LogP contribution in [0.15, 0.2) is 74.0 Å². The smallest absolute Gasteiger partial charge is 0.283 e. The van der Waals surface area contributed by atoms with Gasteiger partial charge in [-0.05, 0) is 36.8 Å². The van der Waals surface area contributed by atoms with Crippen LogP contribution in [0.3, 0.4) is 0 Å². The van der Waals surface area contributed by atoms with Crippen molar-refractivity contribution < 1.29 is 4.79 Å². The van der Waals surface area contributed by atoms with Crippen molar-refractivity contribution in [1.29, 1.82) is 0 Å². The lowest BCUT2D eigenvalue weighted by atomic mass is 10.2. The lowest BCUT2D eigenvalue weighted by molar-refractivity contribution is -0.124. The number of nitrogens with zero attached hydrogens (tertiary/aromatic N) is 5. The number of hydrogen-bond donors (Lipinski definition) is 0. The Morgan fingerprint density at radius 2 is 1.77 bits per heavy atom. The van der Waals surface area contributed by atoms with Crippen LogP contribution in [-0.4, -0.2) is 37.4 Å². The minimum absolute atomic E-state index is 0.177. The number of hydrogen-bond acceptors (Lipinski definition) is 5. The van der Waals surface area contributed by atoms with Crippen LogP contribution in [0.5, 0.6) is 0 Å². The fourth-order valence-corrected chi connectivity index (χ4v) is 4.07.